The van der Waals surface area contributed by atoms with Gasteiger partial charge in [0.15, 0.2) is 5.16 Å². The van der Waals surface area contributed by atoms with Crippen molar-refractivity contribution in [3.8, 4) is 0 Å². The molecule has 112 valence electrons. The highest BCUT2D eigenvalue weighted by Crippen LogP contribution is 2.40. The molecule has 21 heavy (non-hydrogen) atoms. The smallest absolute Gasteiger partial charge is 0.191 e. The van der Waals surface area contributed by atoms with Crippen LogP contribution >= 0.6 is 23.4 Å². The predicted molar refractivity (Wildman–Crippen MR) is 84.8 cm³/mol. The molecule has 1 aromatic heterocycles. The number of benzene rings is 1. The van der Waals surface area contributed by atoms with Crippen molar-refractivity contribution in [1.29, 1.82) is 0 Å². The molecule has 0 radical (unpaired) electrons. The molecule has 0 spiro atoms. The van der Waals surface area contributed by atoms with E-state index in [1.807, 2.05) is 18.2 Å². The number of rotatable bonds is 6. The van der Waals surface area contributed by atoms with Crippen molar-refractivity contribution in [1.82, 2.24) is 14.8 Å². The van der Waals surface area contributed by atoms with Gasteiger partial charge in [-0.3, -0.25) is 0 Å². The molecule has 1 atom stereocenters. The molecule has 1 heterocycles. The third kappa shape index (κ3) is 3.25. The van der Waals surface area contributed by atoms with Crippen LogP contribution in [0.3, 0.4) is 0 Å². The van der Waals surface area contributed by atoms with Crippen molar-refractivity contribution in [3.63, 3.8) is 0 Å². The van der Waals surface area contributed by atoms with Crippen molar-refractivity contribution in [2.75, 3.05) is 5.75 Å². The summed E-state index contributed by atoms with van der Waals surface area (Å²) in [6.07, 6.45) is 1.82. The Balaban J connectivity index is 1.69. The Morgan fingerprint density at radius 1 is 1.38 bits per heavy atom. The second-order valence-electron chi connectivity index (χ2n) is 5.21. The van der Waals surface area contributed by atoms with E-state index in [1.165, 1.54) is 24.6 Å². The maximum Gasteiger partial charge on any atom is 0.191 e. The largest absolute Gasteiger partial charge is 0.387 e. The van der Waals surface area contributed by atoms with E-state index in [4.69, 9.17) is 11.6 Å². The predicted octanol–water partition coefficient (Wildman–Crippen LogP) is 3.65. The maximum absolute atomic E-state index is 10.3. The van der Waals surface area contributed by atoms with Gasteiger partial charge in [-0.25, -0.2) is 0 Å². The summed E-state index contributed by atoms with van der Waals surface area (Å²) in [5, 5.41) is 20.3. The monoisotopic (exact) mass is 323 g/mol. The Labute approximate surface area is 133 Å². The Bertz CT molecular complexity index is 627. The number of hydrogen-bond acceptors (Lipinski definition) is 4. The third-order valence-corrected chi connectivity index (χ3v) is 5.03. The molecule has 0 saturated heterocycles. The van der Waals surface area contributed by atoms with Gasteiger partial charge in [-0.15, -0.1) is 10.2 Å². The molecular weight excluding hydrogens is 306 g/mol. The highest BCUT2D eigenvalue weighted by Gasteiger charge is 2.30. The van der Waals surface area contributed by atoms with E-state index in [0.29, 0.717) is 16.7 Å². The van der Waals surface area contributed by atoms with E-state index in [2.05, 4.69) is 21.7 Å². The minimum absolute atomic E-state index is 0.520. The Morgan fingerprint density at radius 2 is 2.14 bits per heavy atom. The lowest BCUT2D eigenvalue weighted by molar-refractivity contribution is 0.204. The van der Waals surface area contributed by atoms with Crippen LogP contribution in [0.4, 0.5) is 0 Å². The number of thioether (sulfide) groups is 1. The Morgan fingerprint density at radius 3 is 2.81 bits per heavy atom. The molecule has 1 aliphatic carbocycles. The highest BCUT2D eigenvalue weighted by molar-refractivity contribution is 7.99. The SMILES string of the molecule is CCn1c(SCC(O)c2ccccc2Cl)nnc1C1CC1. The molecule has 1 aliphatic rings. The standard InChI is InChI=1S/C15H18ClN3OS/c1-2-19-14(10-7-8-10)17-18-15(19)21-9-13(20)11-5-3-4-6-12(11)16/h3-6,10,13,20H,2,7-9H2,1H3. The number of aliphatic hydroxyl groups is 1. The topological polar surface area (TPSA) is 50.9 Å². The number of hydrogen-bond donors (Lipinski definition) is 1. The van der Waals surface area contributed by atoms with Crippen molar-refractivity contribution in [2.45, 2.75) is 43.5 Å². The first-order valence-electron chi connectivity index (χ1n) is 7.19. The van der Waals surface area contributed by atoms with Crippen LogP contribution < -0.4 is 0 Å². The quantitative estimate of drug-likeness (QED) is 0.824. The van der Waals surface area contributed by atoms with Crippen LogP contribution in [0.2, 0.25) is 5.02 Å². The van der Waals surface area contributed by atoms with Crippen LogP contribution in [-0.2, 0) is 6.54 Å². The number of nitrogens with zero attached hydrogens (tertiary/aromatic N) is 3. The molecule has 1 saturated carbocycles. The molecule has 0 bridgehead atoms. The summed E-state index contributed by atoms with van der Waals surface area (Å²) < 4.78 is 2.15. The summed E-state index contributed by atoms with van der Waals surface area (Å²) in [6, 6.07) is 7.40. The number of aromatic nitrogens is 3. The summed E-state index contributed by atoms with van der Waals surface area (Å²) in [5.74, 6) is 2.19. The molecular formula is C15H18ClN3OS. The Hall–Kier alpha value is -1.04. The fourth-order valence-electron chi connectivity index (χ4n) is 2.34. The molecule has 1 N–H and O–H groups in total. The van der Waals surface area contributed by atoms with Crippen molar-refractivity contribution in [2.24, 2.45) is 0 Å². The average Bonchev–Trinajstić information content (AvgIpc) is 3.25. The van der Waals surface area contributed by atoms with Crippen LogP contribution in [-0.4, -0.2) is 25.6 Å². The summed E-state index contributed by atoms with van der Waals surface area (Å²) in [4.78, 5) is 0. The number of aliphatic hydroxyl groups excluding tert-OH is 1. The van der Waals surface area contributed by atoms with E-state index in [1.54, 1.807) is 6.07 Å². The Kier molecular flexibility index (Phi) is 4.52. The normalized spacial score (nSPS) is 16.1. The second kappa shape index (κ2) is 6.38. The third-order valence-electron chi connectivity index (χ3n) is 3.64. The lowest BCUT2D eigenvalue weighted by Gasteiger charge is -2.12. The van der Waals surface area contributed by atoms with Gasteiger partial charge in [-0.05, 0) is 31.4 Å². The first kappa shape index (κ1) is 14.9. The minimum Gasteiger partial charge on any atom is -0.387 e. The van der Waals surface area contributed by atoms with Crippen LogP contribution in [0, 0.1) is 0 Å². The fraction of sp³-hybridized carbons (Fsp3) is 0.467. The lowest BCUT2D eigenvalue weighted by Crippen LogP contribution is -2.05. The van der Waals surface area contributed by atoms with Crippen LogP contribution in [0.1, 0.15) is 43.2 Å². The minimum atomic E-state index is -0.602. The van der Waals surface area contributed by atoms with Crippen molar-refractivity contribution < 1.29 is 5.11 Å². The molecule has 3 rings (SSSR count). The van der Waals surface area contributed by atoms with E-state index in [-0.39, 0.29) is 0 Å². The van der Waals surface area contributed by atoms with E-state index < -0.39 is 6.10 Å². The molecule has 4 nitrogen and oxygen atoms in total. The van der Waals surface area contributed by atoms with Gasteiger partial charge in [-0.2, -0.15) is 0 Å². The fourth-order valence-corrected chi connectivity index (χ4v) is 3.56. The van der Waals surface area contributed by atoms with E-state index >= 15 is 0 Å². The molecule has 0 aliphatic heterocycles. The average molecular weight is 324 g/mol. The lowest BCUT2D eigenvalue weighted by atomic mass is 10.1. The highest BCUT2D eigenvalue weighted by atomic mass is 35.5. The molecule has 2 aromatic rings. The summed E-state index contributed by atoms with van der Waals surface area (Å²) in [7, 11) is 0. The first-order valence-corrected chi connectivity index (χ1v) is 8.55. The van der Waals surface area contributed by atoms with Crippen LogP contribution in [0.5, 0.6) is 0 Å². The zero-order chi connectivity index (χ0) is 14.8. The zero-order valence-corrected chi connectivity index (χ0v) is 13.4. The van der Waals surface area contributed by atoms with Gasteiger partial charge in [0.05, 0.1) is 6.10 Å². The first-order chi connectivity index (χ1) is 10.2. The molecule has 6 heteroatoms. The van der Waals surface area contributed by atoms with Gasteiger partial charge >= 0.3 is 0 Å². The second-order valence-corrected chi connectivity index (χ2v) is 6.60. The summed E-state index contributed by atoms with van der Waals surface area (Å²) >= 11 is 7.64. The summed E-state index contributed by atoms with van der Waals surface area (Å²) in [6.45, 7) is 2.97. The summed E-state index contributed by atoms with van der Waals surface area (Å²) in [5.41, 5.74) is 0.761. The zero-order valence-electron chi connectivity index (χ0n) is 11.9. The van der Waals surface area contributed by atoms with Gasteiger partial charge in [0.1, 0.15) is 5.82 Å². The van der Waals surface area contributed by atoms with E-state index in [9.17, 15) is 5.11 Å². The molecule has 1 fully saturated rings. The van der Waals surface area contributed by atoms with E-state index in [0.717, 1.165) is 23.1 Å². The van der Waals surface area contributed by atoms with Gasteiger partial charge in [0.2, 0.25) is 0 Å². The van der Waals surface area contributed by atoms with Crippen LogP contribution in [0.15, 0.2) is 29.4 Å². The van der Waals surface area contributed by atoms with Crippen molar-refractivity contribution >= 4 is 23.4 Å². The van der Waals surface area contributed by atoms with Gasteiger partial charge < -0.3 is 9.67 Å². The molecule has 1 unspecified atom stereocenters. The number of halogens is 1. The molecule has 1 aromatic carbocycles. The van der Waals surface area contributed by atoms with Crippen molar-refractivity contribution in [3.05, 3.63) is 40.7 Å². The van der Waals surface area contributed by atoms with Crippen LogP contribution in [0.25, 0.3) is 0 Å². The van der Waals surface area contributed by atoms with Gasteiger partial charge in [0.25, 0.3) is 0 Å². The molecule has 0 amide bonds. The van der Waals surface area contributed by atoms with Gasteiger partial charge in [0, 0.05) is 23.2 Å². The van der Waals surface area contributed by atoms with Gasteiger partial charge in [-0.1, -0.05) is 41.6 Å². The maximum atomic E-state index is 10.3.